The highest BCUT2D eigenvalue weighted by Crippen LogP contribution is 2.25. The van der Waals surface area contributed by atoms with Crippen LogP contribution in [0.5, 0.6) is 0 Å². The number of rotatable bonds is 4. The predicted octanol–water partition coefficient (Wildman–Crippen LogP) is 3.32. The number of carbonyl (C=O) groups excluding carboxylic acids is 1. The summed E-state index contributed by atoms with van der Waals surface area (Å²) in [6.07, 6.45) is 1.35. The van der Waals surface area contributed by atoms with Crippen molar-refractivity contribution in [2.24, 2.45) is 0 Å². The minimum Gasteiger partial charge on any atom is -0.386 e. The highest BCUT2D eigenvalue weighted by atomic mass is 16.3. The van der Waals surface area contributed by atoms with E-state index in [4.69, 9.17) is 0 Å². The Morgan fingerprint density at radius 1 is 1.05 bits per heavy atom. The van der Waals surface area contributed by atoms with Crippen molar-refractivity contribution in [1.29, 1.82) is 0 Å². The van der Waals surface area contributed by atoms with Crippen molar-refractivity contribution in [2.45, 2.75) is 25.9 Å². The van der Waals surface area contributed by atoms with Gasteiger partial charge in [-0.05, 0) is 36.1 Å². The van der Waals surface area contributed by atoms with E-state index in [9.17, 15) is 9.90 Å². The molecule has 0 heterocycles. The molecule has 19 heavy (non-hydrogen) atoms. The van der Waals surface area contributed by atoms with Gasteiger partial charge in [-0.25, -0.2) is 0 Å². The van der Waals surface area contributed by atoms with Crippen molar-refractivity contribution in [2.75, 3.05) is 0 Å². The molecule has 0 aliphatic rings. The lowest BCUT2D eigenvalue weighted by Crippen LogP contribution is -2.14. The predicted molar refractivity (Wildman–Crippen MR) is 76.9 cm³/mol. The molecule has 0 saturated carbocycles. The number of hydrogen-bond donors (Lipinski definition) is 1. The van der Waals surface area contributed by atoms with Crippen LogP contribution in [-0.2, 0) is 16.8 Å². The Morgan fingerprint density at radius 3 is 2.32 bits per heavy atom. The summed E-state index contributed by atoms with van der Waals surface area (Å²) >= 11 is 0. The van der Waals surface area contributed by atoms with E-state index in [0.717, 1.165) is 28.5 Å². The molecule has 0 aliphatic carbocycles. The summed E-state index contributed by atoms with van der Waals surface area (Å²) < 4.78 is 0. The Kier molecular flexibility index (Phi) is 3.82. The fourth-order valence-corrected chi connectivity index (χ4v) is 2.04. The molecule has 2 aromatic carbocycles. The smallest absolute Gasteiger partial charge is 0.124 e. The molecule has 0 radical (unpaired) electrons. The maximum absolute atomic E-state index is 10.5. The van der Waals surface area contributed by atoms with E-state index in [2.05, 4.69) is 0 Å². The molecule has 0 spiro atoms. The van der Waals surface area contributed by atoms with Crippen LogP contribution in [0.25, 0.3) is 11.1 Å². The van der Waals surface area contributed by atoms with Gasteiger partial charge in [0.15, 0.2) is 0 Å². The quantitative estimate of drug-likeness (QED) is 0.850. The maximum atomic E-state index is 10.5. The summed E-state index contributed by atoms with van der Waals surface area (Å²) in [6, 6.07) is 15.8. The third-order valence-corrected chi connectivity index (χ3v) is 3.17. The Labute approximate surface area is 113 Å². The van der Waals surface area contributed by atoms with Gasteiger partial charge in [0.25, 0.3) is 0 Å². The molecule has 2 rings (SSSR count). The van der Waals surface area contributed by atoms with Gasteiger partial charge < -0.3 is 9.90 Å². The normalized spacial score (nSPS) is 11.3. The first kappa shape index (κ1) is 13.5. The summed E-state index contributed by atoms with van der Waals surface area (Å²) in [5, 5.41) is 9.93. The molecule has 2 aromatic rings. The zero-order valence-electron chi connectivity index (χ0n) is 11.3. The van der Waals surface area contributed by atoms with Crippen molar-refractivity contribution < 1.29 is 9.90 Å². The first-order valence-electron chi connectivity index (χ1n) is 6.36. The molecule has 2 heteroatoms. The fraction of sp³-hybridized carbons (Fsp3) is 0.235. The summed E-state index contributed by atoms with van der Waals surface area (Å²) in [5.74, 6) is 0. The van der Waals surface area contributed by atoms with E-state index in [0.29, 0.717) is 6.42 Å². The van der Waals surface area contributed by atoms with E-state index < -0.39 is 5.60 Å². The second kappa shape index (κ2) is 5.37. The number of carbonyl (C=O) groups is 1. The first-order valence-corrected chi connectivity index (χ1v) is 6.36. The largest absolute Gasteiger partial charge is 0.386 e. The van der Waals surface area contributed by atoms with Crippen LogP contribution in [-0.4, -0.2) is 11.4 Å². The van der Waals surface area contributed by atoms with Gasteiger partial charge in [-0.15, -0.1) is 0 Å². The van der Waals surface area contributed by atoms with Crippen molar-refractivity contribution in [3.63, 3.8) is 0 Å². The molecule has 1 N–H and O–H groups in total. The van der Waals surface area contributed by atoms with Gasteiger partial charge in [-0.3, -0.25) is 0 Å². The van der Waals surface area contributed by atoms with Gasteiger partial charge in [0.05, 0.1) is 5.60 Å². The summed E-state index contributed by atoms with van der Waals surface area (Å²) in [7, 11) is 0. The van der Waals surface area contributed by atoms with Gasteiger partial charge in [-0.2, -0.15) is 0 Å². The Morgan fingerprint density at radius 2 is 1.74 bits per heavy atom. The van der Waals surface area contributed by atoms with Crippen LogP contribution in [0.2, 0.25) is 0 Å². The minimum absolute atomic E-state index is 0.440. The van der Waals surface area contributed by atoms with Crippen LogP contribution < -0.4 is 0 Å². The van der Waals surface area contributed by atoms with E-state index in [-0.39, 0.29) is 0 Å². The molecule has 0 bridgehead atoms. The van der Waals surface area contributed by atoms with Gasteiger partial charge in [0.1, 0.15) is 6.29 Å². The van der Waals surface area contributed by atoms with Crippen LogP contribution in [0.3, 0.4) is 0 Å². The molecule has 2 nitrogen and oxygen atoms in total. The molecule has 0 aromatic heterocycles. The molecule has 0 amide bonds. The molecule has 0 unspecified atom stereocenters. The molecule has 0 saturated heterocycles. The van der Waals surface area contributed by atoms with Crippen molar-refractivity contribution in [1.82, 2.24) is 0 Å². The van der Waals surface area contributed by atoms with Crippen LogP contribution in [0.15, 0.2) is 48.5 Å². The van der Waals surface area contributed by atoms with Gasteiger partial charge in [0, 0.05) is 6.42 Å². The van der Waals surface area contributed by atoms with Crippen molar-refractivity contribution in [3.8, 4) is 11.1 Å². The number of aliphatic hydroxyl groups is 1. The Hall–Kier alpha value is -1.93. The average molecular weight is 254 g/mol. The highest BCUT2D eigenvalue weighted by Gasteiger charge is 2.15. The fourth-order valence-electron chi connectivity index (χ4n) is 2.04. The monoisotopic (exact) mass is 254 g/mol. The number of benzene rings is 2. The highest BCUT2D eigenvalue weighted by molar-refractivity contribution is 5.66. The standard InChI is InChI=1S/C17H18O2/c1-17(2,19)16-8-6-14(7-9-16)15-5-3-4-13(12-15)10-11-18/h3-9,11-12,19H,10H2,1-2H3. The Bertz CT molecular complexity index is 563. The Balaban J connectivity index is 2.32. The lowest BCUT2D eigenvalue weighted by molar-refractivity contribution is -0.107. The zero-order valence-corrected chi connectivity index (χ0v) is 11.3. The molecule has 0 fully saturated rings. The topological polar surface area (TPSA) is 37.3 Å². The van der Waals surface area contributed by atoms with Crippen molar-refractivity contribution in [3.05, 3.63) is 59.7 Å². The molecular weight excluding hydrogens is 236 g/mol. The van der Waals surface area contributed by atoms with Crippen LogP contribution in [0, 0.1) is 0 Å². The van der Waals surface area contributed by atoms with Crippen LogP contribution in [0.4, 0.5) is 0 Å². The minimum atomic E-state index is -0.822. The van der Waals surface area contributed by atoms with Crippen LogP contribution >= 0.6 is 0 Å². The first-order chi connectivity index (χ1) is 9.00. The SMILES string of the molecule is CC(C)(O)c1ccc(-c2cccc(CC=O)c2)cc1. The zero-order chi connectivity index (χ0) is 13.9. The van der Waals surface area contributed by atoms with E-state index in [1.807, 2.05) is 48.5 Å². The summed E-state index contributed by atoms with van der Waals surface area (Å²) in [6.45, 7) is 3.54. The van der Waals surface area contributed by atoms with E-state index >= 15 is 0 Å². The summed E-state index contributed by atoms with van der Waals surface area (Å²) in [4.78, 5) is 10.5. The van der Waals surface area contributed by atoms with Crippen molar-refractivity contribution >= 4 is 6.29 Å². The molecule has 0 atom stereocenters. The van der Waals surface area contributed by atoms with Gasteiger partial charge >= 0.3 is 0 Å². The van der Waals surface area contributed by atoms with E-state index in [1.165, 1.54) is 0 Å². The lowest BCUT2D eigenvalue weighted by atomic mass is 9.95. The molecular formula is C17H18O2. The van der Waals surface area contributed by atoms with Gasteiger partial charge in [0.2, 0.25) is 0 Å². The summed E-state index contributed by atoms with van der Waals surface area (Å²) in [5.41, 5.74) is 3.25. The molecule has 0 aliphatic heterocycles. The second-order valence-electron chi connectivity index (χ2n) is 5.21. The number of hydrogen-bond acceptors (Lipinski definition) is 2. The van der Waals surface area contributed by atoms with Gasteiger partial charge in [-0.1, -0.05) is 48.5 Å². The van der Waals surface area contributed by atoms with E-state index in [1.54, 1.807) is 13.8 Å². The number of aldehydes is 1. The third kappa shape index (κ3) is 3.30. The molecule has 98 valence electrons. The third-order valence-electron chi connectivity index (χ3n) is 3.17. The average Bonchev–Trinajstić information content (AvgIpc) is 2.39. The second-order valence-corrected chi connectivity index (χ2v) is 5.21. The van der Waals surface area contributed by atoms with Crippen LogP contribution in [0.1, 0.15) is 25.0 Å². The lowest BCUT2D eigenvalue weighted by Gasteiger charge is -2.18. The maximum Gasteiger partial charge on any atom is 0.124 e.